The molecule has 1 aromatic heterocycles. The third-order valence-corrected chi connectivity index (χ3v) is 3.14. The van der Waals surface area contributed by atoms with Gasteiger partial charge >= 0.3 is 0 Å². The van der Waals surface area contributed by atoms with Crippen molar-refractivity contribution in [3.05, 3.63) is 29.6 Å². The van der Waals surface area contributed by atoms with Gasteiger partial charge in [0.15, 0.2) is 0 Å². The maximum atomic E-state index is 11.3. The Hall–Kier alpha value is -1.06. The molecule has 0 atom stereocenters. The van der Waals surface area contributed by atoms with Crippen LogP contribution in [0.15, 0.2) is 29.6 Å². The minimum atomic E-state index is -0.0421. The molecule has 0 saturated carbocycles. The summed E-state index contributed by atoms with van der Waals surface area (Å²) in [5.41, 5.74) is 0.830. The fourth-order valence-corrected chi connectivity index (χ4v) is 2.30. The van der Waals surface area contributed by atoms with E-state index >= 15 is 0 Å². The van der Waals surface area contributed by atoms with Gasteiger partial charge in [-0.25, -0.2) is 0 Å². The fourth-order valence-electron chi connectivity index (χ4n) is 1.35. The molecule has 15 heavy (non-hydrogen) atoms. The zero-order chi connectivity index (χ0) is 10.7. The Labute approximate surface area is 96.9 Å². The maximum Gasteiger partial charge on any atom is 0.225 e. The van der Waals surface area contributed by atoms with Gasteiger partial charge in [0.1, 0.15) is 0 Å². The highest BCUT2D eigenvalue weighted by Crippen LogP contribution is 2.23. The lowest BCUT2D eigenvalue weighted by Gasteiger charge is -2.03. The van der Waals surface area contributed by atoms with Crippen molar-refractivity contribution in [2.24, 2.45) is 0 Å². The molecule has 78 valence electrons. The molecule has 2 aromatic rings. The lowest BCUT2D eigenvalue weighted by atomic mass is 10.2. The molecule has 2 rings (SSSR count). The van der Waals surface area contributed by atoms with Crippen LogP contribution >= 0.6 is 22.9 Å². The van der Waals surface area contributed by atoms with Crippen molar-refractivity contribution >= 4 is 44.6 Å². The second kappa shape index (κ2) is 4.64. The molecule has 0 aliphatic carbocycles. The molecule has 0 radical (unpaired) electrons. The number of hydrogen-bond donors (Lipinski definition) is 1. The molecule has 4 heteroatoms. The topological polar surface area (TPSA) is 29.1 Å². The van der Waals surface area contributed by atoms with E-state index in [9.17, 15) is 4.79 Å². The second-order valence-corrected chi connectivity index (χ2v) is 4.49. The number of alkyl halides is 1. The summed E-state index contributed by atoms with van der Waals surface area (Å²) >= 11 is 7.17. The average Bonchev–Trinajstić information content (AvgIpc) is 2.65. The highest BCUT2D eigenvalue weighted by molar-refractivity contribution is 7.17. The number of amides is 1. The van der Waals surface area contributed by atoms with Gasteiger partial charge in [0.25, 0.3) is 0 Å². The summed E-state index contributed by atoms with van der Waals surface area (Å²) in [5.74, 6) is 0.312. The van der Waals surface area contributed by atoms with Crippen molar-refractivity contribution in [2.45, 2.75) is 6.42 Å². The molecular formula is C11H10ClNOS. The molecule has 0 aliphatic rings. The Bertz CT molecular complexity index is 480. The predicted molar refractivity (Wildman–Crippen MR) is 65.8 cm³/mol. The number of anilines is 1. The highest BCUT2D eigenvalue weighted by atomic mass is 35.5. The quantitative estimate of drug-likeness (QED) is 0.817. The van der Waals surface area contributed by atoms with E-state index in [0.29, 0.717) is 12.3 Å². The van der Waals surface area contributed by atoms with E-state index in [4.69, 9.17) is 11.6 Å². The fraction of sp³-hybridized carbons (Fsp3) is 0.182. The first-order valence-electron chi connectivity index (χ1n) is 4.62. The molecular weight excluding hydrogens is 230 g/mol. The average molecular weight is 240 g/mol. The zero-order valence-corrected chi connectivity index (χ0v) is 9.57. The smallest absolute Gasteiger partial charge is 0.225 e. The van der Waals surface area contributed by atoms with Crippen LogP contribution < -0.4 is 5.32 Å². The minimum Gasteiger partial charge on any atom is -0.326 e. The second-order valence-electron chi connectivity index (χ2n) is 3.16. The van der Waals surface area contributed by atoms with E-state index in [2.05, 4.69) is 5.32 Å². The van der Waals surface area contributed by atoms with Crippen LogP contribution in [0.25, 0.3) is 10.1 Å². The van der Waals surface area contributed by atoms with E-state index in [-0.39, 0.29) is 5.91 Å². The summed E-state index contributed by atoms with van der Waals surface area (Å²) in [6, 6.07) is 7.93. The number of hydrogen-bond acceptors (Lipinski definition) is 2. The molecule has 0 bridgehead atoms. The first kappa shape index (κ1) is 10.5. The number of nitrogens with one attached hydrogen (secondary N) is 1. The molecule has 0 spiro atoms. The number of carbonyl (C=O) groups is 1. The summed E-state index contributed by atoms with van der Waals surface area (Å²) < 4.78 is 1.23. The molecule has 1 N–H and O–H groups in total. The van der Waals surface area contributed by atoms with Crippen LogP contribution in [0.5, 0.6) is 0 Å². The molecule has 0 fully saturated rings. The Morgan fingerprint density at radius 1 is 1.40 bits per heavy atom. The molecule has 2 nitrogen and oxygen atoms in total. The Balaban J connectivity index is 2.17. The monoisotopic (exact) mass is 239 g/mol. The summed E-state index contributed by atoms with van der Waals surface area (Å²) in [5, 5.41) is 6.00. The number of rotatable bonds is 3. The van der Waals surface area contributed by atoms with Crippen LogP contribution in [0, 0.1) is 0 Å². The summed E-state index contributed by atoms with van der Waals surface area (Å²) in [4.78, 5) is 11.3. The van der Waals surface area contributed by atoms with Crippen LogP contribution in [0.4, 0.5) is 5.69 Å². The largest absolute Gasteiger partial charge is 0.326 e. The summed E-state index contributed by atoms with van der Waals surface area (Å²) in [7, 11) is 0. The number of halogens is 1. The van der Waals surface area contributed by atoms with Crippen LogP contribution in [0.2, 0.25) is 0 Å². The lowest BCUT2D eigenvalue weighted by Crippen LogP contribution is -2.11. The first-order chi connectivity index (χ1) is 7.29. The van der Waals surface area contributed by atoms with Gasteiger partial charge in [0.05, 0.1) is 0 Å². The molecule has 1 heterocycles. The standard InChI is InChI=1S/C11H10ClNOS/c12-5-3-11(14)13-9-1-2-10-8(7-9)4-6-15-10/h1-2,4,6-7H,3,5H2,(H,13,14). The SMILES string of the molecule is O=C(CCCl)Nc1ccc2sccc2c1. The molecule has 0 aliphatic heterocycles. The van der Waals surface area contributed by atoms with Gasteiger partial charge in [-0.2, -0.15) is 0 Å². The number of carbonyl (C=O) groups excluding carboxylic acids is 1. The number of benzene rings is 1. The van der Waals surface area contributed by atoms with Gasteiger partial charge in [0.2, 0.25) is 5.91 Å². The molecule has 0 unspecified atom stereocenters. The van der Waals surface area contributed by atoms with E-state index < -0.39 is 0 Å². The van der Waals surface area contributed by atoms with Crippen molar-refractivity contribution in [2.75, 3.05) is 11.2 Å². The molecule has 1 amide bonds. The molecule has 0 saturated heterocycles. The Morgan fingerprint density at radius 3 is 3.07 bits per heavy atom. The van der Waals surface area contributed by atoms with Gasteiger partial charge in [0, 0.05) is 22.7 Å². The minimum absolute atomic E-state index is 0.0421. The van der Waals surface area contributed by atoms with Crippen molar-refractivity contribution in [1.29, 1.82) is 0 Å². The Morgan fingerprint density at radius 2 is 2.27 bits per heavy atom. The highest BCUT2D eigenvalue weighted by Gasteiger charge is 2.02. The van der Waals surface area contributed by atoms with E-state index in [1.807, 2.05) is 29.6 Å². The van der Waals surface area contributed by atoms with Crippen molar-refractivity contribution in [1.82, 2.24) is 0 Å². The van der Waals surface area contributed by atoms with Crippen molar-refractivity contribution in [3.63, 3.8) is 0 Å². The predicted octanol–water partition coefficient (Wildman–Crippen LogP) is 3.47. The third kappa shape index (κ3) is 2.49. The number of thiophene rings is 1. The summed E-state index contributed by atoms with van der Waals surface area (Å²) in [6.45, 7) is 0. The third-order valence-electron chi connectivity index (χ3n) is 2.06. The van der Waals surface area contributed by atoms with Gasteiger partial charge < -0.3 is 5.32 Å². The molecule has 1 aromatic carbocycles. The first-order valence-corrected chi connectivity index (χ1v) is 6.04. The van der Waals surface area contributed by atoms with Crippen molar-refractivity contribution < 1.29 is 4.79 Å². The zero-order valence-electron chi connectivity index (χ0n) is 8.00. The van der Waals surface area contributed by atoms with E-state index in [1.54, 1.807) is 11.3 Å². The summed E-state index contributed by atoms with van der Waals surface area (Å²) in [6.07, 6.45) is 0.350. The van der Waals surface area contributed by atoms with E-state index in [0.717, 1.165) is 11.1 Å². The number of fused-ring (bicyclic) bond motifs is 1. The van der Waals surface area contributed by atoms with Gasteiger partial charge in [-0.1, -0.05) is 0 Å². The van der Waals surface area contributed by atoms with E-state index in [1.165, 1.54) is 4.70 Å². The van der Waals surface area contributed by atoms with Crippen LogP contribution in [-0.4, -0.2) is 11.8 Å². The van der Waals surface area contributed by atoms with Crippen LogP contribution in [-0.2, 0) is 4.79 Å². The lowest BCUT2D eigenvalue weighted by molar-refractivity contribution is -0.115. The normalized spacial score (nSPS) is 10.5. The van der Waals surface area contributed by atoms with Crippen molar-refractivity contribution in [3.8, 4) is 0 Å². The van der Waals surface area contributed by atoms with Gasteiger partial charge in [-0.3, -0.25) is 4.79 Å². The maximum absolute atomic E-state index is 11.3. The Kier molecular flexibility index (Phi) is 3.23. The van der Waals surface area contributed by atoms with Crippen LogP contribution in [0.3, 0.4) is 0 Å². The van der Waals surface area contributed by atoms with Gasteiger partial charge in [-0.15, -0.1) is 22.9 Å². The van der Waals surface area contributed by atoms with Gasteiger partial charge in [-0.05, 0) is 35.0 Å². The van der Waals surface area contributed by atoms with Crippen LogP contribution in [0.1, 0.15) is 6.42 Å².